The summed E-state index contributed by atoms with van der Waals surface area (Å²) < 4.78 is 5.44. The fraction of sp³-hybridized carbons (Fsp3) is 0.519. The van der Waals surface area contributed by atoms with Crippen molar-refractivity contribution in [1.82, 2.24) is 20.0 Å². The van der Waals surface area contributed by atoms with Crippen LogP contribution in [0.25, 0.3) is 0 Å². The number of piperazine rings is 1. The first-order valence-corrected chi connectivity index (χ1v) is 13.6. The van der Waals surface area contributed by atoms with E-state index in [1.54, 1.807) is 31.2 Å². The molecule has 3 amide bonds. The highest BCUT2D eigenvalue weighted by molar-refractivity contribution is 6.35. The third-order valence-corrected chi connectivity index (χ3v) is 7.84. The van der Waals surface area contributed by atoms with E-state index < -0.39 is 12.0 Å². The van der Waals surface area contributed by atoms with Crippen molar-refractivity contribution in [2.24, 2.45) is 5.92 Å². The van der Waals surface area contributed by atoms with Crippen molar-refractivity contribution in [3.63, 3.8) is 0 Å². The number of hydrogen-bond acceptors (Lipinski definition) is 5. The highest BCUT2D eigenvalue weighted by Gasteiger charge is 2.40. The molecule has 0 bridgehead atoms. The number of ether oxygens (including phenoxy) is 1. The Kier molecular flexibility index (Phi) is 9.16. The van der Waals surface area contributed by atoms with E-state index in [1.165, 1.54) is 4.90 Å². The van der Waals surface area contributed by atoms with Gasteiger partial charge in [-0.15, -0.1) is 6.58 Å². The van der Waals surface area contributed by atoms with Crippen LogP contribution in [0.2, 0.25) is 10.0 Å². The Bertz CT molecular complexity index is 1080. The van der Waals surface area contributed by atoms with Gasteiger partial charge in [0.15, 0.2) is 0 Å². The molecule has 1 aromatic carbocycles. The molecular weight excluding hydrogens is 515 g/mol. The molecule has 1 aromatic rings. The molecule has 1 N–H and O–H groups in total. The van der Waals surface area contributed by atoms with Crippen LogP contribution in [0.5, 0.6) is 0 Å². The molecule has 8 nitrogen and oxygen atoms in total. The number of hydrogen-bond donors (Lipinski definition) is 1. The first-order chi connectivity index (χ1) is 17.8. The van der Waals surface area contributed by atoms with Crippen molar-refractivity contribution in [1.29, 1.82) is 0 Å². The minimum Gasteiger partial charge on any atom is -0.463 e. The number of carbonyl (C=O) groups is 3. The number of nitrogens with zero attached hydrogens (tertiary/aromatic N) is 3. The van der Waals surface area contributed by atoms with E-state index in [9.17, 15) is 14.4 Å². The van der Waals surface area contributed by atoms with Crippen LogP contribution in [0.4, 0.5) is 4.79 Å². The van der Waals surface area contributed by atoms with Gasteiger partial charge in [-0.1, -0.05) is 48.2 Å². The zero-order valence-corrected chi connectivity index (χ0v) is 22.7. The lowest BCUT2D eigenvalue weighted by molar-refractivity contribution is -0.139. The molecule has 0 aromatic heterocycles. The number of rotatable bonds is 8. The van der Waals surface area contributed by atoms with E-state index in [1.807, 2.05) is 4.90 Å². The molecule has 2 aliphatic heterocycles. The van der Waals surface area contributed by atoms with E-state index in [0.29, 0.717) is 59.6 Å². The largest absolute Gasteiger partial charge is 0.463 e. The number of carbonyl (C=O) groups excluding carboxylic acids is 3. The van der Waals surface area contributed by atoms with Gasteiger partial charge in [0, 0.05) is 60.9 Å². The Balaban J connectivity index is 1.64. The van der Waals surface area contributed by atoms with Gasteiger partial charge in [0.2, 0.25) is 5.91 Å². The van der Waals surface area contributed by atoms with Gasteiger partial charge < -0.3 is 15.0 Å². The summed E-state index contributed by atoms with van der Waals surface area (Å²) in [4.78, 5) is 45.1. The van der Waals surface area contributed by atoms with Crippen LogP contribution >= 0.6 is 23.2 Å². The van der Waals surface area contributed by atoms with Crippen molar-refractivity contribution in [3.05, 3.63) is 57.7 Å². The average molecular weight is 549 g/mol. The lowest BCUT2D eigenvalue weighted by atomic mass is 9.94. The fourth-order valence-corrected chi connectivity index (χ4v) is 5.90. The van der Waals surface area contributed by atoms with Crippen LogP contribution in [-0.4, -0.2) is 78.5 Å². The standard InChI is InChI=1S/C27H34Cl2N4O4/c1-3-11-33-22(17-31-12-14-32(15-13-31)25(34)18-7-5-6-8-18)23(26(35)37-4-2)24(30-27(33)36)20-10-9-19(28)16-21(20)29/h3,9-10,16,18,24H,1,4-8,11-15,17H2,2H3,(H,30,36). The fourth-order valence-electron chi connectivity index (χ4n) is 5.38. The molecule has 200 valence electrons. The highest BCUT2D eigenvalue weighted by atomic mass is 35.5. The zero-order valence-electron chi connectivity index (χ0n) is 21.2. The van der Waals surface area contributed by atoms with Crippen LogP contribution in [0.1, 0.15) is 44.2 Å². The number of amides is 3. The molecule has 0 spiro atoms. The highest BCUT2D eigenvalue weighted by Crippen LogP contribution is 2.36. The zero-order chi connectivity index (χ0) is 26.5. The number of nitrogens with one attached hydrogen (secondary N) is 1. The molecule has 2 heterocycles. The van der Waals surface area contributed by atoms with Gasteiger partial charge in [-0.3, -0.25) is 14.6 Å². The van der Waals surface area contributed by atoms with Crippen molar-refractivity contribution >= 4 is 41.1 Å². The molecular formula is C27H34Cl2N4O4. The minimum atomic E-state index is -0.794. The molecule has 0 radical (unpaired) electrons. The summed E-state index contributed by atoms with van der Waals surface area (Å²) in [6.45, 7) is 8.84. The van der Waals surface area contributed by atoms with Crippen molar-refractivity contribution in [2.45, 2.75) is 38.6 Å². The summed E-state index contributed by atoms with van der Waals surface area (Å²) in [5.74, 6) is -0.108. The van der Waals surface area contributed by atoms with Crippen LogP contribution in [0, 0.1) is 5.92 Å². The number of halogens is 2. The van der Waals surface area contributed by atoms with Crippen LogP contribution in [0.3, 0.4) is 0 Å². The van der Waals surface area contributed by atoms with Gasteiger partial charge in [-0.2, -0.15) is 0 Å². The summed E-state index contributed by atoms with van der Waals surface area (Å²) in [6, 6.07) is 3.83. The maximum Gasteiger partial charge on any atom is 0.338 e. The van der Waals surface area contributed by atoms with E-state index in [2.05, 4.69) is 16.8 Å². The molecule has 1 saturated heterocycles. The molecule has 1 saturated carbocycles. The van der Waals surface area contributed by atoms with Crippen molar-refractivity contribution in [2.75, 3.05) is 45.9 Å². The van der Waals surface area contributed by atoms with Crippen molar-refractivity contribution < 1.29 is 19.1 Å². The lowest BCUT2D eigenvalue weighted by Gasteiger charge is -2.41. The molecule has 1 aliphatic carbocycles. The third-order valence-electron chi connectivity index (χ3n) is 7.28. The van der Waals surface area contributed by atoms with Crippen LogP contribution in [0.15, 0.2) is 42.1 Å². The van der Waals surface area contributed by atoms with E-state index in [0.717, 1.165) is 25.7 Å². The SMILES string of the molecule is C=CCN1C(=O)NC(c2ccc(Cl)cc2Cl)C(C(=O)OCC)=C1CN1CCN(C(=O)C2CCCC2)CC1. The molecule has 4 rings (SSSR count). The van der Waals surface area contributed by atoms with E-state index >= 15 is 0 Å². The Hall–Kier alpha value is -2.55. The summed E-state index contributed by atoms with van der Waals surface area (Å²) in [5, 5.41) is 3.72. The van der Waals surface area contributed by atoms with Gasteiger partial charge in [0.25, 0.3) is 0 Å². The summed E-state index contributed by atoms with van der Waals surface area (Å²) in [5.41, 5.74) is 1.44. The van der Waals surface area contributed by atoms with Gasteiger partial charge in [0.05, 0.1) is 18.2 Å². The topological polar surface area (TPSA) is 82.2 Å². The predicted molar refractivity (Wildman–Crippen MR) is 143 cm³/mol. The Labute approximate surface area is 228 Å². The second kappa shape index (κ2) is 12.3. The summed E-state index contributed by atoms with van der Waals surface area (Å²) >= 11 is 12.6. The van der Waals surface area contributed by atoms with Crippen LogP contribution < -0.4 is 5.32 Å². The lowest BCUT2D eigenvalue weighted by Crippen LogP contribution is -2.54. The Morgan fingerprint density at radius 2 is 1.86 bits per heavy atom. The van der Waals surface area contributed by atoms with Crippen molar-refractivity contribution in [3.8, 4) is 0 Å². The van der Waals surface area contributed by atoms with E-state index in [4.69, 9.17) is 27.9 Å². The number of esters is 1. The maximum absolute atomic E-state index is 13.3. The van der Waals surface area contributed by atoms with Gasteiger partial charge in [-0.25, -0.2) is 9.59 Å². The first kappa shape index (κ1) is 27.5. The molecule has 37 heavy (non-hydrogen) atoms. The molecule has 1 unspecified atom stereocenters. The smallest absolute Gasteiger partial charge is 0.338 e. The molecule has 3 aliphatic rings. The number of benzene rings is 1. The van der Waals surface area contributed by atoms with Gasteiger partial charge in [-0.05, 0) is 37.5 Å². The van der Waals surface area contributed by atoms with Gasteiger partial charge in [0.1, 0.15) is 0 Å². The van der Waals surface area contributed by atoms with Crippen LogP contribution in [-0.2, 0) is 14.3 Å². The molecule has 1 atom stereocenters. The summed E-state index contributed by atoms with van der Waals surface area (Å²) in [6.07, 6.45) is 5.84. The Morgan fingerprint density at radius 3 is 2.49 bits per heavy atom. The third kappa shape index (κ3) is 6.13. The Morgan fingerprint density at radius 1 is 1.16 bits per heavy atom. The summed E-state index contributed by atoms with van der Waals surface area (Å²) in [7, 11) is 0. The quantitative estimate of drug-likeness (QED) is 0.384. The average Bonchev–Trinajstić information content (AvgIpc) is 3.41. The van der Waals surface area contributed by atoms with Gasteiger partial charge >= 0.3 is 12.0 Å². The number of urea groups is 1. The normalized spacial score (nSPS) is 21.3. The molecule has 2 fully saturated rings. The second-order valence-electron chi connectivity index (χ2n) is 9.61. The first-order valence-electron chi connectivity index (χ1n) is 12.9. The minimum absolute atomic E-state index is 0.152. The predicted octanol–water partition coefficient (Wildman–Crippen LogP) is 4.40. The van der Waals surface area contributed by atoms with E-state index in [-0.39, 0.29) is 31.0 Å². The maximum atomic E-state index is 13.3. The monoisotopic (exact) mass is 548 g/mol. The second-order valence-corrected chi connectivity index (χ2v) is 10.5. The molecule has 10 heteroatoms.